The maximum atomic E-state index is 13.1. The fraction of sp³-hybridized carbons (Fsp3) is 0.480. The van der Waals surface area contributed by atoms with Gasteiger partial charge in [0, 0.05) is 67.5 Å². The molecule has 174 valence electrons. The lowest BCUT2D eigenvalue weighted by Gasteiger charge is -2.38. The van der Waals surface area contributed by atoms with Gasteiger partial charge < -0.3 is 14.7 Å². The molecule has 1 aromatic carbocycles. The van der Waals surface area contributed by atoms with E-state index in [1.165, 1.54) is 0 Å². The van der Waals surface area contributed by atoms with Crippen molar-refractivity contribution in [1.29, 1.82) is 0 Å². The maximum absolute atomic E-state index is 13.1. The van der Waals surface area contributed by atoms with E-state index in [4.69, 9.17) is 21.7 Å². The summed E-state index contributed by atoms with van der Waals surface area (Å²) >= 11 is 6.10. The third-order valence-corrected chi connectivity index (χ3v) is 7.24. The fourth-order valence-corrected chi connectivity index (χ4v) is 5.17. The summed E-state index contributed by atoms with van der Waals surface area (Å²) in [6.45, 7) is 9.37. The number of piperazine rings is 1. The maximum Gasteiger partial charge on any atom is 0.225 e. The molecule has 0 spiro atoms. The van der Waals surface area contributed by atoms with Crippen LogP contribution in [0.1, 0.15) is 24.2 Å². The van der Waals surface area contributed by atoms with Gasteiger partial charge in [0.2, 0.25) is 5.91 Å². The van der Waals surface area contributed by atoms with E-state index < -0.39 is 0 Å². The second-order valence-electron chi connectivity index (χ2n) is 9.35. The Bertz CT molecular complexity index is 1160. The highest BCUT2D eigenvalue weighted by Crippen LogP contribution is 2.32. The summed E-state index contributed by atoms with van der Waals surface area (Å²) in [6.07, 6.45) is 1.75. The number of rotatable bonds is 3. The molecule has 4 heterocycles. The van der Waals surface area contributed by atoms with Gasteiger partial charge in [-0.15, -0.1) is 0 Å². The van der Waals surface area contributed by atoms with Gasteiger partial charge in [0.25, 0.3) is 0 Å². The lowest BCUT2D eigenvalue weighted by Crippen LogP contribution is -2.50. The van der Waals surface area contributed by atoms with Crippen LogP contribution in [0.15, 0.2) is 30.3 Å². The largest absolute Gasteiger partial charge is 0.356 e. The number of aromatic nitrogens is 3. The molecule has 0 radical (unpaired) electrons. The van der Waals surface area contributed by atoms with Crippen molar-refractivity contribution in [3.8, 4) is 11.1 Å². The number of benzene rings is 1. The van der Waals surface area contributed by atoms with E-state index in [0.717, 1.165) is 86.1 Å². The molecule has 0 atom stereocenters. The lowest BCUT2D eigenvalue weighted by atomic mass is 9.95. The summed E-state index contributed by atoms with van der Waals surface area (Å²) in [7, 11) is 2.12. The van der Waals surface area contributed by atoms with E-state index in [9.17, 15) is 4.79 Å². The van der Waals surface area contributed by atoms with Gasteiger partial charge in [-0.05, 0) is 51.4 Å². The number of anilines is 1. The average molecular weight is 467 g/mol. The Kier molecular flexibility index (Phi) is 6.01. The summed E-state index contributed by atoms with van der Waals surface area (Å²) in [5.74, 6) is 1.50. The molecule has 0 saturated carbocycles. The monoisotopic (exact) mass is 466 g/mol. The van der Waals surface area contributed by atoms with Gasteiger partial charge in [0.05, 0.1) is 5.69 Å². The number of piperidine rings is 1. The van der Waals surface area contributed by atoms with Crippen molar-refractivity contribution in [2.24, 2.45) is 5.92 Å². The standard InChI is InChI=1S/C25H31ClN6O/c1-17-16-22(30-10-8-20(9-11-30)25(33)31-14-12-29(3)13-15-31)32-24(27-17)23(18(2)28-32)19-4-6-21(26)7-5-19/h4-7,16,20H,8-15H2,1-3H3. The SMILES string of the molecule is Cc1cc(N2CCC(C(=O)N3CCN(C)CC3)CC2)n2nc(C)c(-c3ccc(Cl)cc3)c2n1. The predicted octanol–water partition coefficient (Wildman–Crippen LogP) is 3.66. The number of carbonyl (C=O) groups is 1. The number of carbonyl (C=O) groups excluding carboxylic acids is 1. The van der Waals surface area contributed by atoms with Gasteiger partial charge in [0.1, 0.15) is 5.82 Å². The highest BCUT2D eigenvalue weighted by atomic mass is 35.5. The zero-order chi connectivity index (χ0) is 23.1. The van der Waals surface area contributed by atoms with Gasteiger partial charge in [-0.1, -0.05) is 23.7 Å². The predicted molar refractivity (Wildman–Crippen MR) is 132 cm³/mol. The van der Waals surface area contributed by atoms with Crippen molar-refractivity contribution < 1.29 is 4.79 Å². The number of aryl methyl sites for hydroxylation is 2. The van der Waals surface area contributed by atoms with Crippen molar-refractivity contribution in [3.05, 3.63) is 46.7 Å². The van der Waals surface area contributed by atoms with E-state index in [2.05, 4.69) is 27.8 Å². The zero-order valence-electron chi connectivity index (χ0n) is 19.6. The van der Waals surface area contributed by atoms with E-state index in [1.54, 1.807) is 0 Å². The summed E-state index contributed by atoms with van der Waals surface area (Å²) in [4.78, 5) is 24.6. The molecule has 1 amide bonds. The van der Waals surface area contributed by atoms with Crippen molar-refractivity contribution >= 4 is 29.0 Å². The molecule has 0 bridgehead atoms. The minimum atomic E-state index is 0.118. The van der Waals surface area contributed by atoms with Gasteiger partial charge in [0.15, 0.2) is 5.65 Å². The molecule has 33 heavy (non-hydrogen) atoms. The third-order valence-electron chi connectivity index (χ3n) is 6.99. The Balaban J connectivity index is 1.38. The molecule has 0 N–H and O–H groups in total. The minimum absolute atomic E-state index is 0.118. The Morgan fingerprint density at radius 2 is 1.67 bits per heavy atom. The van der Waals surface area contributed by atoms with Crippen LogP contribution >= 0.6 is 11.6 Å². The number of hydrogen-bond acceptors (Lipinski definition) is 5. The molecule has 3 aromatic rings. The third kappa shape index (κ3) is 4.32. The van der Waals surface area contributed by atoms with Crippen molar-refractivity contribution in [2.45, 2.75) is 26.7 Å². The van der Waals surface area contributed by atoms with E-state index >= 15 is 0 Å². The topological polar surface area (TPSA) is 57.0 Å². The molecular formula is C25H31ClN6O. The summed E-state index contributed by atoms with van der Waals surface area (Å²) in [5.41, 5.74) is 4.87. The first-order chi connectivity index (χ1) is 15.9. The van der Waals surface area contributed by atoms with E-state index in [-0.39, 0.29) is 5.92 Å². The zero-order valence-corrected chi connectivity index (χ0v) is 20.3. The molecule has 2 aromatic heterocycles. The summed E-state index contributed by atoms with van der Waals surface area (Å²) in [6, 6.07) is 9.95. The van der Waals surface area contributed by atoms with Crippen LogP contribution in [0.4, 0.5) is 5.82 Å². The van der Waals surface area contributed by atoms with Crippen LogP contribution in [0, 0.1) is 19.8 Å². The van der Waals surface area contributed by atoms with Crippen LogP contribution in [0.3, 0.4) is 0 Å². The molecule has 0 aliphatic carbocycles. The minimum Gasteiger partial charge on any atom is -0.356 e. The Hall–Kier alpha value is -2.64. The van der Waals surface area contributed by atoms with Crippen LogP contribution in [0.5, 0.6) is 0 Å². The first kappa shape index (κ1) is 22.2. The number of fused-ring (bicyclic) bond motifs is 1. The first-order valence-corrected chi connectivity index (χ1v) is 12.1. The van der Waals surface area contributed by atoms with Crippen LogP contribution < -0.4 is 4.90 Å². The second-order valence-corrected chi connectivity index (χ2v) is 9.78. The van der Waals surface area contributed by atoms with Crippen LogP contribution in [-0.4, -0.2) is 76.6 Å². The number of amides is 1. The van der Waals surface area contributed by atoms with E-state index in [1.807, 2.05) is 42.6 Å². The molecule has 5 rings (SSSR count). The number of likely N-dealkylation sites (N-methyl/N-ethyl adjacent to an activating group) is 1. The average Bonchev–Trinajstić information content (AvgIpc) is 3.15. The van der Waals surface area contributed by atoms with Crippen molar-refractivity contribution in [3.63, 3.8) is 0 Å². The van der Waals surface area contributed by atoms with Crippen molar-refractivity contribution in [2.75, 3.05) is 51.2 Å². The molecule has 2 saturated heterocycles. The van der Waals surface area contributed by atoms with E-state index in [0.29, 0.717) is 10.9 Å². The fourth-order valence-electron chi connectivity index (χ4n) is 5.05. The van der Waals surface area contributed by atoms with Gasteiger partial charge in [-0.25, -0.2) is 4.98 Å². The van der Waals surface area contributed by atoms with Crippen LogP contribution in [0.25, 0.3) is 16.8 Å². The quantitative estimate of drug-likeness (QED) is 0.589. The highest BCUT2D eigenvalue weighted by Gasteiger charge is 2.31. The van der Waals surface area contributed by atoms with Gasteiger partial charge in [-0.2, -0.15) is 9.61 Å². The number of hydrogen-bond donors (Lipinski definition) is 0. The highest BCUT2D eigenvalue weighted by molar-refractivity contribution is 6.30. The summed E-state index contributed by atoms with van der Waals surface area (Å²) < 4.78 is 1.97. The molecule has 2 aliphatic rings. The summed E-state index contributed by atoms with van der Waals surface area (Å²) in [5, 5.41) is 5.58. The molecular weight excluding hydrogens is 436 g/mol. The molecule has 7 nitrogen and oxygen atoms in total. The lowest BCUT2D eigenvalue weighted by molar-refractivity contribution is -0.137. The Labute approximate surface area is 199 Å². The number of halogens is 1. The smallest absolute Gasteiger partial charge is 0.225 e. The van der Waals surface area contributed by atoms with Crippen LogP contribution in [0.2, 0.25) is 5.02 Å². The molecule has 8 heteroatoms. The number of nitrogens with zero attached hydrogens (tertiary/aromatic N) is 6. The molecule has 0 unspecified atom stereocenters. The Morgan fingerprint density at radius 1 is 1.00 bits per heavy atom. The molecule has 2 aliphatic heterocycles. The molecule has 2 fully saturated rings. The van der Waals surface area contributed by atoms with Gasteiger partial charge in [-0.3, -0.25) is 4.79 Å². The van der Waals surface area contributed by atoms with Crippen LogP contribution in [-0.2, 0) is 4.79 Å². The normalized spacial score (nSPS) is 18.3. The Morgan fingerprint density at radius 3 is 2.33 bits per heavy atom. The second kappa shape index (κ2) is 8.95. The van der Waals surface area contributed by atoms with Crippen molar-refractivity contribution in [1.82, 2.24) is 24.4 Å². The van der Waals surface area contributed by atoms with Gasteiger partial charge >= 0.3 is 0 Å². The first-order valence-electron chi connectivity index (χ1n) is 11.8.